The molecule has 31 heavy (non-hydrogen) atoms. The number of fused-ring (bicyclic) bond motifs is 1. The van der Waals surface area contributed by atoms with Gasteiger partial charge in [0, 0.05) is 37.8 Å². The van der Waals surface area contributed by atoms with Gasteiger partial charge in [0.05, 0.1) is 17.6 Å². The van der Waals surface area contributed by atoms with Crippen molar-refractivity contribution in [1.29, 1.82) is 0 Å². The van der Waals surface area contributed by atoms with Crippen LogP contribution in [-0.4, -0.2) is 39.2 Å². The van der Waals surface area contributed by atoms with Gasteiger partial charge in [-0.25, -0.2) is 4.98 Å². The van der Waals surface area contributed by atoms with Gasteiger partial charge in [0.1, 0.15) is 5.82 Å². The van der Waals surface area contributed by atoms with Crippen LogP contribution in [-0.2, 0) is 16.1 Å². The molecular formula is C21H21F2N5O3. The van der Waals surface area contributed by atoms with Gasteiger partial charge in [0.15, 0.2) is 0 Å². The highest BCUT2D eigenvalue weighted by molar-refractivity contribution is 5.99. The third-order valence-corrected chi connectivity index (χ3v) is 4.41. The minimum atomic E-state index is -2.82. The molecule has 0 bridgehead atoms. The first-order valence-corrected chi connectivity index (χ1v) is 9.35. The summed E-state index contributed by atoms with van der Waals surface area (Å²) in [5, 5.41) is 5.14. The fraction of sp³-hybridized carbons (Fsp3) is 0.238. The van der Waals surface area contributed by atoms with Crippen molar-refractivity contribution in [2.24, 2.45) is 0 Å². The van der Waals surface area contributed by atoms with E-state index in [9.17, 15) is 23.2 Å². The first-order chi connectivity index (χ1) is 14.7. The van der Waals surface area contributed by atoms with Gasteiger partial charge in [0.25, 0.3) is 5.91 Å². The summed E-state index contributed by atoms with van der Waals surface area (Å²) >= 11 is 0. The molecule has 8 nitrogen and oxygen atoms in total. The molecular weight excluding hydrogens is 408 g/mol. The molecule has 0 saturated heterocycles. The van der Waals surface area contributed by atoms with E-state index in [0.717, 1.165) is 4.57 Å². The van der Waals surface area contributed by atoms with Crippen LogP contribution < -0.4 is 10.6 Å². The van der Waals surface area contributed by atoms with Crippen molar-refractivity contribution < 1.29 is 23.2 Å². The fourth-order valence-electron chi connectivity index (χ4n) is 3.23. The number of alkyl halides is 2. The van der Waals surface area contributed by atoms with E-state index in [2.05, 4.69) is 15.6 Å². The highest BCUT2D eigenvalue weighted by Gasteiger charge is 2.21. The molecule has 2 N–H and O–H groups in total. The molecule has 0 radical (unpaired) electrons. The topological polar surface area (TPSA) is 96.3 Å². The third-order valence-electron chi connectivity index (χ3n) is 4.41. The van der Waals surface area contributed by atoms with Gasteiger partial charge in [-0.3, -0.25) is 19.0 Å². The third kappa shape index (κ3) is 5.03. The Morgan fingerprint density at radius 3 is 2.16 bits per heavy atom. The summed E-state index contributed by atoms with van der Waals surface area (Å²) in [5.74, 6) is -1.16. The van der Waals surface area contributed by atoms with Crippen molar-refractivity contribution in [3.05, 3.63) is 53.9 Å². The molecule has 0 unspecified atom stereocenters. The molecule has 0 saturated carbocycles. The number of nitrogens with one attached hydrogen (secondary N) is 2. The standard InChI is InChI=1S/C21H21F2N5O3/c1-12(29)24-15-8-14(9-16(10-15)25-13(2)30)20(31)27(3)11-19-26-17-6-4-5-7-18(17)28(19)21(22)23/h4-10,21H,11H2,1-3H3,(H,24,29)(H,25,30). The lowest BCUT2D eigenvalue weighted by Gasteiger charge is -2.19. The van der Waals surface area contributed by atoms with Crippen molar-refractivity contribution in [3.63, 3.8) is 0 Å². The van der Waals surface area contributed by atoms with Gasteiger partial charge >= 0.3 is 6.55 Å². The maximum atomic E-state index is 13.7. The molecule has 1 heterocycles. The average Bonchev–Trinajstić information content (AvgIpc) is 3.03. The summed E-state index contributed by atoms with van der Waals surface area (Å²) in [5.41, 5.74) is 1.47. The molecule has 0 aliphatic heterocycles. The van der Waals surface area contributed by atoms with Gasteiger partial charge < -0.3 is 15.5 Å². The Kier molecular flexibility index (Phi) is 6.28. The van der Waals surface area contributed by atoms with Crippen LogP contribution in [0.2, 0.25) is 0 Å². The second kappa shape index (κ2) is 8.90. The SMILES string of the molecule is CC(=O)Nc1cc(NC(C)=O)cc(C(=O)N(C)Cc2nc3ccccc3n2C(F)F)c1. The molecule has 162 valence electrons. The molecule has 3 aromatic rings. The predicted octanol–water partition coefficient (Wildman–Crippen LogP) is 3.62. The van der Waals surface area contributed by atoms with Gasteiger partial charge in [-0.05, 0) is 30.3 Å². The molecule has 1 aromatic heterocycles. The number of para-hydroxylation sites is 2. The maximum Gasteiger partial charge on any atom is 0.320 e. The Morgan fingerprint density at radius 1 is 1.03 bits per heavy atom. The smallest absolute Gasteiger partial charge is 0.320 e. The van der Waals surface area contributed by atoms with E-state index < -0.39 is 12.5 Å². The Morgan fingerprint density at radius 2 is 1.61 bits per heavy atom. The van der Waals surface area contributed by atoms with E-state index in [-0.39, 0.29) is 35.3 Å². The summed E-state index contributed by atoms with van der Waals surface area (Å²) in [7, 11) is 1.46. The lowest BCUT2D eigenvalue weighted by molar-refractivity contribution is -0.115. The number of imidazole rings is 1. The fourth-order valence-corrected chi connectivity index (χ4v) is 3.23. The second-order valence-corrected chi connectivity index (χ2v) is 6.99. The van der Waals surface area contributed by atoms with E-state index in [0.29, 0.717) is 16.9 Å². The summed E-state index contributed by atoms with van der Waals surface area (Å²) in [6, 6.07) is 10.9. The molecule has 0 spiro atoms. The lowest BCUT2D eigenvalue weighted by atomic mass is 10.1. The molecule has 3 rings (SSSR count). The van der Waals surface area contributed by atoms with Crippen LogP contribution in [0.3, 0.4) is 0 Å². The monoisotopic (exact) mass is 429 g/mol. The first kappa shape index (κ1) is 21.9. The lowest BCUT2D eigenvalue weighted by Crippen LogP contribution is -2.28. The molecule has 0 aliphatic rings. The number of carbonyl (C=O) groups is 3. The van der Waals surface area contributed by atoms with Crippen LogP contribution >= 0.6 is 0 Å². The van der Waals surface area contributed by atoms with Crippen LogP contribution in [0.15, 0.2) is 42.5 Å². The average molecular weight is 429 g/mol. The summed E-state index contributed by atoms with van der Waals surface area (Å²) < 4.78 is 28.1. The predicted molar refractivity (Wildman–Crippen MR) is 112 cm³/mol. The number of hydrogen-bond acceptors (Lipinski definition) is 4. The van der Waals surface area contributed by atoms with Crippen molar-refractivity contribution in [1.82, 2.24) is 14.5 Å². The molecule has 10 heteroatoms. The Labute approximate surface area is 176 Å². The van der Waals surface area contributed by atoms with Crippen LogP contribution in [0.25, 0.3) is 11.0 Å². The van der Waals surface area contributed by atoms with Gasteiger partial charge in [-0.15, -0.1) is 0 Å². The largest absolute Gasteiger partial charge is 0.334 e. The molecule has 0 atom stereocenters. The van der Waals surface area contributed by atoms with Crippen LogP contribution in [0.5, 0.6) is 0 Å². The first-order valence-electron chi connectivity index (χ1n) is 9.35. The van der Waals surface area contributed by atoms with Crippen LogP contribution in [0.4, 0.5) is 20.2 Å². The van der Waals surface area contributed by atoms with E-state index in [1.54, 1.807) is 18.2 Å². The number of carbonyl (C=O) groups excluding carboxylic acids is 3. The van der Waals surface area contributed by atoms with Crippen LogP contribution in [0.1, 0.15) is 36.6 Å². The van der Waals surface area contributed by atoms with Gasteiger partial charge in [0.2, 0.25) is 11.8 Å². The summed E-state index contributed by atoms with van der Waals surface area (Å²) in [6.45, 7) is -0.362. The number of aromatic nitrogens is 2. The Hall–Kier alpha value is -3.82. The molecule has 2 aromatic carbocycles. The van der Waals surface area contributed by atoms with Crippen molar-refractivity contribution in [3.8, 4) is 0 Å². The molecule has 0 aliphatic carbocycles. The van der Waals surface area contributed by atoms with E-state index in [4.69, 9.17) is 0 Å². The molecule has 3 amide bonds. The van der Waals surface area contributed by atoms with Crippen molar-refractivity contribution in [2.45, 2.75) is 26.9 Å². The van der Waals surface area contributed by atoms with Gasteiger partial charge in [-0.2, -0.15) is 8.78 Å². The number of nitrogens with zero attached hydrogens (tertiary/aromatic N) is 3. The zero-order chi connectivity index (χ0) is 22.7. The zero-order valence-electron chi connectivity index (χ0n) is 17.1. The zero-order valence-corrected chi connectivity index (χ0v) is 17.1. The van der Waals surface area contributed by atoms with E-state index in [1.807, 2.05) is 0 Å². The highest BCUT2D eigenvalue weighted by Crippen LogP contribution is 2.25. The minimum Gasteiger partial charge on any atom is -0.334 e. The Balaban J connectivity index is 1.92. The number of halogens is 2. The summed E-state index contributed by atoms with van der Waals surface area (Å²) in [4.78, 5) is 41.3. The molecule has 0 fully saturated rings. The number of rotatable bonds is 6. The number of anilines is 2. The highest BCUT2D eigenvalue weighted by atomic mass is 19.3. The van der Waals surface area contributed by atoms with Crippen molar-refractivity contribution >= 4 is 40.1 Å². The van der Waals surface area contributed by atoms with E-state index in [1.165, 1.54) is 50.1 Å². The van der Waals surface area contributed by atoms with E-state index >= 15 is 0 Å². The normalized spacial score (nSPS) is 10.9. The number of benzene rings is 2. The Bertz CT molecular complexity index is 1120. The second-order valence-electron chi connectivity index (χ2n) is 6.99. The number of amides is 3. The van der Waals surface area contributed by atoms with Crippen molar-refractivity contribution in [2.75, 3.05) is 17.7 Å². The minimum absolute atomic E-state index is 0.0344. The quantitative estimate of drug-likeness (QED) is 0.626. The number of hydrogen-bond donors (Lipinski definition) is 2. The summed E-state index contributed by atoms with van der Waals surface area (Å²) in [6.07, 6.45) is 0. The van der Waals surface area contributed by atoms with Gasteiger partial charge in [-0.1, -0.05) is 12.1 Å². The maximum absolute atomic E-state index is 13.7. The van der Waals surface area contributed by atoms with Crippen LogP contribution in [0, 0.1) is 0 Å².